The molecule has 2 fully saturated rings. The highest BCUT2D eigenvalue weighted by atomic mass is 16.5. The van der Waals surface area contributed by atoms with Crippen LogP contribution in [0.5, 0.6) is 0 Å². The summed E-state index contributed by atoms with van der Waals surface area (Å²) in [7, 11) is 0. The SMILES string of the molecule is CCCNc1cc(N2CC3CCC(C2)O3)ncn1. The monoisotopic (exact) mass is 248 g/mol. The van der Waals surface area contributed by atoms with E-state index in [1.54, 1.807) is 6.33 Å². The third kappa shape index (κ3) is 2.41. The molecule has 1 aromatic rings. The van der Waals surface area contributed by atoms with Crippen molar-refractivity contribution in [1.29, 1.82) is 0 Å². The van der Waals surface area contributed by atoms with Gasteiger partial charge in [-0.25, -0.2) is 9.97 Å². The fourth-order valence-electron chi connectivity index (χ4n) is 2.67. The van der Waals surface area contributed by atoms with Crippen molar-refractivity contribution in [3.63, 3.8) is 0 Å². The molecule has 0 amide bonds. The van der Waals surface area contributed by atoms with Crippen LogP contribution in [0.1, 0.15) is 26.2 Å². The maximum absolute atomic E-state index is 5.84. The van der Waals surface area contributed by atoms with E-state index in [0.717, 1.165) is 37.7 Å². The molecule has 98 valence electrons. The molecule has 2 bridgehead atoms. The van der Waals surface area contributed by atoms with Crippen molar-refractivity contribution in [1.82, 2.24) is 9.97 Å². The zero-order chi connectivity index (χ0) is 12.4. The van der Waals surface area contributed by atoms with Gasteiger partial charge in [-0.15, -0.1) is 0 Å². The number of ether oxygens (including phenoxy) is 1. The molecule has 1 N–H and O–H groups in total. The minimum absolute atomic E-state index is 0.394. The van der Waals surface area contributed by atoms with E-state index in [2.05, 4.69) is 27.1 Å². The van der Waals surface area contributed by atoms with Crippen molar-refractivity contribution in [2.45, 2.75) is 38.4 Å². The molecule has 1 aromatic heterocycles. The number of aromatic nitrogens is 2. The highest BCUT2D eigenvalue weighted by Gasteiger charge is 2.34. The van der Waals surface area contributed by atoms with Crippen molar-refractivity contribution < 1.29 is 4.74 Å². The normalized spacial score (nSPS) is 26.4. The van der Waals surface area contributed by atoms with E-state index in [1.807, 2.05) is 6.07 Å². The van der Waals surface area contributed by atoms with Gasteiger partial charge in [0.05, 0.1) is 12.2 Å². The summed E-state index contributed by atoms with van der Waals surface area (Å²) >= 11 is 0. The van der Waals surface area contributed by atoms with Crippen LogP contribution >= 0.6 is 0 Å². The second-order valence-electron chi connectivity index (χ2n) is 5.05. The predicted octanol–water partition coefficient (Wildman–Crippen LogP) is 1.67. The second-order valence-corrected chi connectivity index (χ2v) is 5.05. The van der Waals surface area contributed by atoms with Gasteiger partial charge < -0.3 is 15.0 Å². The Labute approximate surface area is 108 Å². The van der Waals surface area contributed by atoms with Gasteiger partial charge >= 0.3 is 0 Å². The van der Waals surface area contributed by atoms with Crippen LogP contribution in [0, 0.1) is 0 Å². The van der Waals surface area contributed by atoms with Crippen molar-refractivity contribution >= 4 is 11.6 Å². The quantitative estimate of drug-likeness (QED) is 0.878. The minimum atomic E-state index is 0.394. The summed E-state index contributed by atoms with van der Waals surface area (Å²) in [5.74, 6) is 1.93. The highest BCUT2D eigenvalue weighted by Crippen LogP contribution is 2.29. The molecule has 2 aliphatic rings. The molecule has 5 heteroatoms. The van der Waals surface area contributed by atoms with Crippen LogP contribution < -0.4 is 10.2 Å². The van der Waals surface area contributed by atoms with Gasteiger partial charge in [-0.1, -0.05) is 6.92 Å². The Balaban J connectivity index is 1.71. The zero-order valence-corrected chi connectivity index (χ0v) is 10.8. The number of rotatable bonds is 4. The van der Waals surface area contributed by atoms with Gasteiger partial charge in [0.15, 0.2) is 0 Å². The molecule has 3 rings (SSSR count). The standard InChI is InChI=1S/C13H20N4O/c1-2-5-14-12-6-13(16-9-15-12)17-7-10-3-4-11(8-17)18-10/h6,9-11H,2-5,7-8H2,1H3,(H,14,15,16). The molecule has 0 spiro atoms. The molecular weight excluding hydrogens is 228 g/mol. The summed E-state index contributed by atoms with van der Waals surface area (Å²) in [6.07, 6.45) is 5.91. The summed E-state index contributed by atoms with van der Waals surface area (Å²) in [6.45, 7) is 5.01. The van der Waals surface area contributed by atoms with E-state index >= 15 is 0 Å². The maximum atomic E-state index is 5.84. The maximum Gasteiger partial charge on any atom is 0.134 e. The van der Waals surface area contributed by atoms with Crippen molar-refractivity contribution in [3.05, 3.63) is 12.4 Å². The van der Waals surface area contributed by atoms with Gasteiger partial charge in [0.1, 0.15) is 18.0 Å². The lowest BCUT2D eigenvalue weighted by Gasteiger charge is -2.32. The molecule has 0 aromatic carbocycles. The summed E-state index contributed by atoms with van der Waals surface area (Å²) < 4.78 is 5.84. The van der Waals surface area contributed by atoms with E-state index in [9.17, 15) is 0 Å². The van der Waals surface area contributed by atoms with Gasteiger partial charge in [-0.05, 0) is 19.3 Å². The van der Waals surface area contributed by atoms with Crippen LogP contribution in [-0.4, -0.2) is 41.8 Å². The lowest BCUT2D eigenvalue weighted by atomic mass is 10.2. The van der Waals surface area contributed by atoms with Gasteiger partial charge in [0, 0.05) is 25.7 Å². The van der Waals surface area contributed by atoms with Crippen LogP contribution in [-0.2, 0) is 4.74 Å². The van der Waals surface area contributed by atoms with E-state index < -0.39 is 0 Å². The largest absolute Gasteiger partial charge is 0.371 e. The Hall–Kier alpha value is -1.36. The van der Waals surface area contributed by atoms with Crippen LogP contribution in [0.25, 0.3) is 0 Å². The Morgan fingerprint density at radius 2 is 2.11 bits per heavy atom. The summed E-state index contributed by atoms with van der Waals surface area (Å²) in [5, 5.41) is 3.30. The first-order chi connectivity index (χ1) is 8.85. The molecule has 5 nitrogen and oxygen atoms in total. The molecule has 2 aliphatic heterocycles. The molecule has 2 unspecified atom stereocenters. The lowest BCUT2D eigenvalue weighted by Crippen LogP contribution is -2.43. The van der Waals surface area contributed by atoms with Gasteiger partial charge in [-0.3, -0.25) is 0 Å². The molecule has 2 atom stereocenters. The third-order valence-electron chi connectivity index (χ3n) is 3.58. The van der Waals surface area contributed by atoms with E-state index in [1.165, 1.54) is 12.8 Å². The minimum Gasteiger partial charge on any atom is -0.371 e. The number of hydrogen-bond donors (Lipinski definition) is 1. The Kier molecular flexibility index (Phi) is 3.32. The summed E-state index contributed by atoms with van der Waals surface area (Å²) in [4.78, 5) is 11.0. The van der Waals surface area contributed by atoms with E-state index in [-0.39, 0.29) is 0 Å². The third-order valence-corrected chi connectivity index (χ3v) is 3.58. The number of fused-ring (bicyclic) bond motifs is 2. The van der Waals surface area contributed by atoms with Gasteiger partial charge in [-0.2, -0.15) is 0 Å². The molecular formula is C13H20N4O. The number of nitrogens with zero attached hydrogens (tertiary/aromatic N) is 3. The van der Waals surface area contributed by atoms with E-state index in [4.69, 9.17) is 4.74 Å². The average Bonchev–Trinajstić information content (AvgIpc) is 2.75. The van der Waals surface area contributed by atoms with Crippen LogP contribution in [0.3, 0.4) is 0 Å². The first-order valence-electron chi connectivity index (χ1n) is 6.81. The highest BCUT2D eigenvalue weighted by molar-refractivity contribution is 5.49. The fourth-order valence-corrected chi connectivity index (χ4v) is 2.67. The summed E-state index contributed by atoms with van der Waals surface area (Å²) in [6, 6.07) is 2.04. The molecule has 0 saturated carbocycles. The lowest BCUT2D eigenvalue weighted by molar-refractivity contribution is 0.0302. The zero-order valence-electron chi connectivity index (χ0n) is 10.8. The van der Waals surface area contributed by atoms with Crippen molar-refractivity contribution in [2.75, 3.05) is 29.9 Å². The van der Waals surface area contributed by atoms with Crippen LogP contribution in [0.2, 0.25) is 0 Å². The number of anilines is 2. The average molecular weight is 248 g/mol. The van der Waals surface area contributed by atoms with Crippen molar-refractivity contribution in [3.8, 4) is 0 Å². The molecule has 0 radical (unpaired) electrons. The fraction of sp³-hybridized carbons (Fsp3) is 0.692. The Morgan fingerprint density at radius 3 is 2.83 bits per heavy atom. The Bertz CT molecular complexity index is 400. The van der Waals surface area contributed by atoms with Crippen LogP contribution in [0.4, 0.5) is 11.6 Å². The number of hydrogen-bond acceptors (Lipinski definition) is 5. The number of morpholine rings is 1. The Morgan fingerprint density at radius 1 is 1.33 bits per heavy atom. The molecule has 18 heavy (non-hydrogen) atoms. The molecule has 3 heterocycles. The number of nitrogens with one attached hydrogen (secondary N) is 1. The van der Waals surface area contributed by atoms with Gasteiger partial charge in [0.2, 0.25) is 0 Å². The predicted molar refractivity (Wildman–Crippen MR) is 70.9 cm³/mol. The topological polar surface area (TPSA) is 50.3 Å². The van der Waals surface area contributed by atoms with E-state index in [0.29, 0.717) is 12.2 Å². The van der Waals surface area contributed by atoms with Crippen LogP contribution in [0.15, 0.2) is 12.4 Å². The summed E-state index contributed by atoms with van der Waals surface area (Å²) in [5.41, 5.74) is 0. The molecule has 2 saturated heterocycles. The first-order valence-corrected chi connectivity index (χ1v) is 6.81. The second kappa shape index (κ2) is 5.10. The molecule has 0 aliphatic carbocycles. The van der Waals surface area contributed by atoms with Gasteiger partial charge in [0.25, 0.3) is 0 Å². The first kappa shape index (κ1) is 11.7. The smallest absolute Gasteiger partial charge is 0.134 e. The van der Waals surface area contributed by atoms with Crippen molar-refractivity contribution in [2.24, 2.45) is 0 Å².